The Kier molecular flexibility index (Phi) is 3.69. The molecule has 0 saturated carbocycles. The van der Waals surface area contributed by atoms with Crippen LogP contribution < -0.4 is 5.73 Å². The molecule has 1 fully saturated rings. The van der Waals surface area contributed by atoms with E-state index < -0.39 is 23.5 Å². The zero-order chi connectivity index (χ0) is 12.4. The molecule has 0 aromatic heterocycles. The molecule has 1 aromatic rings. The molecular weight excluding hydrogens is 231 g/mol. The van der Waals surface area contributed by atoms with Crippen LogP contribution in [-0.4, -0.2) is 13.2 Å². The molecule has 5 heteroatoms. The van der Waals surface area contributed by atoms with Crippen molar-refractivity contribution in [3.05, 3.63) is 35.1 Å². The molecule has 0 bridgehead atoms. The van der Waals surface area contributed by atoms with Crippen molar-refractivity contribution in [1.29, 1.82) is 0 Å². The maximum absolute atomic E-state index is 13.5. The molecule has 2 N–H and O–H groups in total. The van der Waals surface area contributed by atoms with E-state index in [4.69, 9.17) is 10.5 Å². The summed E-state index contributed by atoms with van der Waals surface area (Å²) in [5, 5.41) is 0. The van der Waals surface area contributed by atoms with Gasteiger partial charge in [0.2, 0.25) is 0 Å². The quantitative estimate of drug-likeness (QED) is 0.812. The van der Waals surface area contributed by atoms with E-state index >= 15 is 0 Å². The summed E-state index contributed by atoms with van der Waals surface area (Å²) in [5.41, 5.74) is 5.49. The minimum Gasteiger partial charge on any atom is -0.381 e. The van der Waals surface area contributed by atoms with Gasteiger partial charge in [-0.25, -0.2) is 13.2 Å². The lowest BCUT2D eigenvalue weighted by Gasteiger charge is -2.28. The first-order chi connectivity index (χ1) is 8.11. The van der Waals surface area contributed by atoms with Gasteiger partial charge in [0.05, 0.1) is 0 Å². The maximum atomic E-state index is 13.5. The largest absolute Gasteiger partial charge is 0.381 e. The van der Waals surface area contributed by atoms with E-state index in [9.17, 15) is 13.2 Å². The summed E-state index contributed by atoms with van der Waals surface area (Å²) in [6.07, 6.45) is 1.27. The first-order valence-electron chi connectivity index (χ1n) is 5.58. The van der Waals surface area contributed by atoms with E-state index in [2.05, 4.69) is 0 Å². The Morgan fingerprint density at radius 2 is 1.71 bits per heavy atom. The van der Waals surface area contributed by atoms with Crippen LogP contribution in [0.1, 0.15) is 24.4 Å². The van der Waals surface area contributed by atoms with Gasteiger partial charge in [-0.05, 0) is 30.9 Å². The van der Waals surface area contributed by atoms with Crippen molar-refractivity contribution < 1.29 is 17.9 Å². The molecule has 1 aliphatic rings. The van der Waals surface area contributed by atoms with Crippen LogP contribution in [0, 0.1) is 23.4 Å². The Balaban J connectivity index is 2.29. The van der Waals surface area contributed by atoms with Crippen molar-refractivity contribution in [2.45, 2.75) is 18.9 Å². The van der Waals surface area contributed by atoms with Gasteiger partial charge in [-0.3, -0.25) is 0 Å². The van der Waals surface area contributed by atoms with E-state index in [1.54, 1.807) is 0 Å². The molecule has 0 unspecified atom stereocenters. The summed E-state index contributed by atoms with van der Waals surface area (Å²) in [5.74, 6) is -3.11. The van der Waals surface area contributed by atoms with Crippen LogP contribution in [0.5, 0.6) is 0 Å². The number of hydrogen-bond donors (Lipinski definition) is 1. The van der Waals surface area contributed by atoms with Crippen molar-refractivity contribution in [3.8, 4) is 0 Å². The van der Waals surface area contributed by atoms with Gasteiger partial charge in [0.25, 0.3) is 0 Å². The van der Waals surface area contributed by atoms with Crippen LogP contribution in [0.15, 0.2) is 12.1 Å². The Morgan fingerprint density at radius 1 is 1.12 bits per heavy atom. The molecule has 1 atom stereocenters. The molecule has 0 spiro atoms. The molecule has 17 heavy (non-hydrogen) atoms. The molecule has 0 amide bonds. The van der Waals surface area contributed by atoms with Crippen LogP contribution >= 0.6 is 0 Å². The van der Waals surface area contributed by atoms with Crippen molar-refractivity contribution in [3.63, 3.8) is 0 Å². The van der Waals surface area contributed by atoms with E-state index in [1.807, 2.05) is 0 Å². The van der Waals surface area contributed by atoms with Gasteiger partial charge >= 0.3 is 0 Å². The molecule has 94 valence electrons. The van der Waals surface area contributed by atoms with Crippen LogP contribution in [-0.2, 0) is 4.74 Å². The predicted octanol–water partition coefficient (Wildman–Crippen LogP) is 2.53. The minimum absolute atomic E-state index is 0.0745. The molecule has 0 radical (unpaired) electrons. The molecule has 2 nitrogen and oxygen atoms in total. The molecule has 0 aliphatic carbocycles. The highest BCUT2D eigenvalue weighted by Crippen LogP contribution is 2.31. The Morgan fingerprint density at radius 3 is 2.35 bits per heavy atom. The predicted molar refractivity (Wildman–Crippen MR) is 56.8 cm³/mol. The number of benzene rings is 1. The van der Waals surface area contributed by atoms with Gasteiger partial charge in [-0.1, -0.05) is 0 Å². The second kappa shape index (κ2) is 5.06. The molecule has 2 rings (SSSR count). The number of nitrogens with two attached hydrogens (primary N) is 1. The van der Waals surface area contributed by atoms with Crippen molar-refractivity contribution >= 4 is 0 Å². The van der Waals surface area contributed by atoms with Gasteiger partial charge in [0.15, 0.2) is 11.6 Å². The Hall–Kier alpha value is -1.07. The fraction of sp³-hybridized carbons (Fsp3) is 0.500. The summed E-state index contributed by atoms with van der Waals surface area (Å²) in [4.78, 5) is 0. The van der Waals surface area contributed by atoms with Crippen molar-refractivity contribution in [2.24, 2.45) is 11.7 Å². The molecule has 1 saturated heterocycles. The standard InChI is InChI=1S/C12H14F3NO/c13-8-1-2-9(14)11(15)10(8)12(16)7-3-5-17-6-4-7/h1-2,7,12H,3-6,16H2/t12-/m1/s1. The van der Waals surface area contributed by atoms with Gasteiger partial charge < -0.3 is 10.5 Å². The molecule has 1 heterocycles. The minimum atomic E-state index is -1.18. The average molecular weight is 245 g/mol. The second-order valence-corrected chi connectivity index (χ2v) is 4.23. The zero-order valence-corrected chi connectivity index (χ0v) is 9.26. The highest BCUT2D eigenvalue weighted by atomic mass is 19.2. The van der Waals surface area contributed by atoms with Crippen LogP contribution in [0.4, 0.5) is 13.2 Å². The summed E-state index contributed by atoms with van der Waals surface area (Å²) in [7, 11) is 0. The fourth-order valence-electron chi connectivity index (χ4n) is 2.16. The van der Waals surface area contributed by atoms with Crippen LogP contribution in [0.2, 0.25) is 0 Å². The summed E-state index contributed by atoms with van der Waals surface area (Å²) in [6.45, 7) is 1.05. The van der Waals surface area contributed by atoms with E-state index in [1.165, 1.54) is 0 Å². The molecular formula is C12H14F3NO. The fourth-order valence-corrected chi connectivity index (χ4v) is 2.16. The molecule has 1 aliphatic heterocycles. The normalized spacial score (nSPS) is 19.3. The third-order valence-corrected chi connectivity index (χ3v) is 3.19. The number of halogens is 3. The Labute approximate surface area is 97.6 Å². The zero-order valence-electron chi connectivity index (χ0n) is 9.26. The summed E-state index contributed by atoms with van der Waals surface area (Å²) >= 11 is 0. The number of hydrogen-bond acceptors (Lipinski definition) is 2. The van der Waals surface area contributed by atoms with E-state index in [-0.39, 0.29) is 11.5 Å². The van der Waals surface area contributed by atoms with E-state index in [0.717, 1.165) is 12.1 Å². The van der Waals surface area contributed by atoms with Crippen molar-refractivity contribution in [2.75, 3.05) is 13.2 Å². The van der Waals surface area contributed by atoms with Crippen molar-refractivity contribution in [1.82, 2.24) is 0 Å². The van der Waals surface area contributed by atoms with E-state index in [0.29, 0.717) is 26.1 Å². The van der Waals surface area contributed by atoms with Crippen LogP contribution in [0.3, 0.4) is 0 Å². The lowest BCUT2D eigenvalue weighted by Crippen LogP contribution is -2.29. The monoisotopic (exact) mass is 245 g/mol. The van der Waals surface area contributed by atoms with Crippen LogP contribution in [0.25, 0.3) is 0 Å². The molecule has 1 aromatic carbocycles. The number of ether oxygens (including phenoxy) is 1. The smallest absolute Gasteiger partial charge is 0.166 e. The van der Waals surface area contributed by atoms with Gasteiger partial charge in [0, 0.05) is 24.8 Å². The lowest BCUT2D eigenvalue weighted by molar-refractivity contribution is 0.0575. The SMILES string of the molecule is N[C@@H](c1c(F)ccc(F)c1F)C1CCOCC1. The lowest BCUT2D eigenvalue weighted by atomic mass is 9.87. The first-order valence-corrected chi connectivity index (χ1v) is 5.58. The first kappa shape index (κ1) is 12.4. The highest BCUT2D eigenvalue weighted by Gasteiger charge is 2.28. The maximum Gasteiger partial charge on any atom is 0.166 e. The second-order valence-electron chi connectivity index (χ2n) is 4.23. The average Bonchev–Trinajstić information content (AvgIpc) is 2.35. The number of rotatable bonds is 2. The van der Waals surface area contributed by atoms with Gasteiger partial charge in [-0.2, -0.15) is 0 Å². The summed E-state index contributed by atoms with van der Waals surface area (Å²) in [6, 6.07) is 0.854. The topological polar surface area (TPSA) is 35.2 Å². The summed E-state index contributed by atoms with van der Waals surface area (Å²) < 4.78 is 45.3. The van der Waals surface area contributed by atoms with Gasteiger partial charge in [0.1, 0.15) is 5.82 Å². The third kappa shape index (κ3) is 2.45. The van der Waals surface area contributed by atoms with Gasteiger partial charge in [-0.15, -0.1) is 0 Å². The third-order valence-electron chi connectivity index (χ3n) is 3.19. The highest BCUT2D eigenvalue weighted by molar-refractivity contribution is 5.25. The Bertz CT molecular complexity index is 405.